The van der Waals surface area contributed by atoms with Gasteiger partial charge in [-0.1, -0.05) is 47.6 Å². The molecule has 0 unspecified atom stereocenters. The van der Waals surface area contributed by atoms with E-state index in [0.29, 0.717) is 29.5 Å². The van der Waals surface area contributed by atoms with E-state index in [4.69, 9.17) is 4.43 Å². The molecule has 116 valence electrons. The highest BCUT2D eigenvalue weighted by Gasteiger charge is 2.47. The summed E-state index contributed by atoms with van der Waals surface area (Å²) in [5.41, 5.74) is 1.47. The minimum Gasteiger partial charge on any atom is -0.413 e. The highest BCUT2D eigenvalue weighted by Crippen LogP contribution is 2.43. The maximum absolute atomic E-state index is 11.8. The molecule has 1 N–H and O–H groups in total. The molecule has 0 aromatic rings. The first-order valence-corrected chi connectivity index (χ1v) is 9.91. The molecule has 0 bridgehead atoms. The molecule has 2 atom stereocenters. The Morgan fingerprint density at radius 1 is 1.15 bits per heavy atom. The standard InChI is InChI=1S/C16H30O3Si/c1-11(2)20(12(3)4,13(5)6)19-16-9-14(17)7-8-15(18)10-16/h7-8,11-14,16-17H,9-10H2,1-6H3/t14-,16-/m1/s1. The van der Waals surface area contributed by atoms with Gasteiger partial charge in [0.25, 0.3) is 0 Å². The molecule has 3 nitrogen and oxygen atoms in total. The lowest BCUT2D eigenvalue weighted by molar-refractivity contribution is -0.116. The largest absolute Gasteiger partial charge is 0.413 e. The molecule has 4 heteroatoms. The molecule has 0 heterocycles. The van der Waals surface area contributed by atoms with Crippen molar-refractivity contribution in [2.45, 2.75) is 83.2 Å². The fourth-order valence-corrected chi connectivity index (χ4v) is 9.30. The van der Waals surface area contributed by atoms with Gasteiger partial charge in [0.2, 0.25) is 8.32 Å². The van der Waals surface area contributed by atoms with Crippen LogP contribution >= 0.6 is 0 Å². The highest BCUT2D eigenvalue weighted by molar-refractivity contribution is 6.77. The Balaban J connectivity index is 2.97. The summed E-state index contributed by atoms with van der Waals surface area (Å²) in [6.45, 7) is 13.4. The van der Waals surface area contributed by atoms with E-state index in [1.807, 2.05) is 0 Å². The number of allylic oxidation sites excluding steroid dienone is 1. The van der Waals surface area contributed by atoms with E-state index in [2.05, 4.69) is 41.5 Å². The van der Waals surface area contributed by atoms with E-state index in [0.717, 1.165) is 0 Å². The van der Waals surface area contributed by atoms with Crippen LogP contribution in [-0.4, -0.2) is 31.4 Å². The van der Waals surface area contributed by atoms with E-state index in [-0.39, 0.29) is 11.9 Å². The number of carbonyl (C=O) groups is 1. The highest BCUT2D eigenvalue weighted by atomic mass is 28.4. The monoisotopic (exact) mass is 298 g/mol. The summed E-state index contributed by atoms with van der Waals surface area (Å²) in [4.78, 5) is 11.8. The molecule has 20 heavy (non-hydrogen) atoms. The summed E-state index contributed by atoms with van der Waals surface area (Å²) in [7, 11) is -1.99. The molecule has 0 aliphatic heterocycles. The van der Waals surface area contributed by atoms with Crippen molar-refractivity contribution < 1.29 is 14.3 Å². The number of hydrogen-bond donors (Lipinski definition) is 1. The van der Waals surface area contributed by atoms with Gasteiger partial charge in [-0.15, -0.1) is 0 Å². The number of carbonyl (C=O) groups excluding carboxylic acids is 1. The van der Waals surface area contributed by atoms with Crippen molar-refractivity contribution in [3.05, 3.63) is 12.2 Å². The molecule has 0 amide bonds. The number of aliphatic hydroxyl groups is 1. The Kier molecular flexibility index (Phi) is 6.17. The lowest BCUT2D eigenvalue weighted by Crippen LogP contribution is -2.50. The summed E-state index contributed by atoms with van der Waals surface area (Å²) in [6, 6.07) is 0. The zero-order valence-electron chi connectivity index (χ0n) is 13.7. The maximum atomic E-state index is 11.8. The predicted octanol–water partition coefficient (Wildman–Crippen LogP) is 3.83. The first-order chi connectivity index (χ1) is 9.20. The van der Waals surface area contributed by atoms with Gasteiger partial charge < -0.3 is 9.53 Å². The predicted molar refractivity (Wildman–Crippen MR) is 85.3 cm³/mol. The zero-order chi connectivity index (χ0) is 15.5. The first-order valence-electron chi connectivity index (χ1n) is 7.77. The molecule has 0 aromatic heterocycles. The van der Waals surface area contributed by atoms with Crippen molar-refractivity contribution in [3.63, 3.8) is 0 Å². The first kappa shape index (κ1) is 17.6. The van der Waals surface area contributed by atoms with E-state index in [1.165, 1.54) is 6.08 Å². The summed E-state index contributed by atoms with van der Waals surface area (Å²) >= 11 is 0. The molecule has 0 fully saturated rings. The van der Waals surface area contributed by atoms with Crippen molar-refractivity contribution in [3.8, 4) is 0 Å². The molecule has 0 saturated heterocycles. The lowest BCUT2D eigenvalue weighted by atomic mass is 10.1. The zero-order valence-corrected chi connectivity index (χ0v) is 14.7. The van der Waals surface area contributed by atoms with E-state index >= 15 is 0 Å². The fraction of sp³-hybridized carbons (Fsp3) is 0.812. The molecular weight excluding hydrogens is 268 g/mol. The Bertz CT molecular complexity index is 339. The molecule has 0 spiro atoms. The normalized spacial score (nSPS) is 24.8. The van der Waals surface area contributed by atoms with Crippen LogP contribution in [0.25, 0.3) is 0 Å². The van der Waals surface area contributed by atoms with Crippen LogP contribution in [0.2, 0.25) is 16.6 Å². The van der Waals surface area contributed by atoms with E-state index in [9.17, 15) is 9.90 Å². The second-order valence-corrected chi connectivity index (χ2v) is 12.3. The lowest BCUT2D eigenvalue weighted by Gasteiger charge is -2.44. The minimum absolute atomic E-state index is 0.0609. The average Bonchev–Trinajstić information content (AvgIpc) is 2.46. The number of aliphatic hydroxyl groups excluding tert-OH is 1. The summed E-state index contributed by atoms with van der Waals surface area (Å²) in [6.07, 6.45) is 3.31. The van der Waals surface area contributed by atoms with E-state index < -0.39 is 14.4 Å². The van der Waals surface area contributed by atoms with Crippen molar-refractivity contribution in [1.29, 1.82) is 0 Å². The SMILES string of the molecule is CC(C)[Si](O[C@H]1CC(=O)C=C[C@@H](O)C1)(C(C)C)C(C)C. The van der Waals surface area contributed by atoms with Gasteiger partial charge in [0.05, 0.1) is 12.2 Å². The van der Waals surface area contributed by atoms with Crippen LogP contribution in [0.5, 0.6) is 0 Å². The Labute approximate surface area is 124 Å². The molecular formula is C16H30O3Si. The average molecular weight is 298 g/mol. The van der Waals surface area contributed by atoms with Crippen LogP contribution in [0.4, 0.5) is 0 Å². The van der Waals surface area contributed by atoms with Crippen LogP contribution < -0.4 is 0 Å². The van der Waals surface area contributed by atoms with Crippen LogP contribution in [0.3, 0.4) is 0 Å². The van der Waals surface area contributed by atoms with Gasteiger partial charge in [-0.3, -0.25) is 4.79 Å². The third-order valence-electron chi connectivity index (χ3n) is 4.52. The van der Waals surface area contributed by atoms with Crippen molar-refractivity contribution >= 4 is 14.1 Å². The Morgan fingerprint density at radius 3 is 2.10 bits per heavy atom. The van der Waals surface area contributed by atoms with Crippen LogP contribution in [0, 0.1) is 0 Å². The smallest absolute Gasteiger partial charge is 0.200 e. The van der Waals surface area contributed by atoms with Gasteiger partial charge in [-0.2, -0.15) is 0 Å². The van der Waals surface area contributed by atoms with Gasteiger partial charge in [0.1, 0.15) is 0 Å². The quantitative estimate of drug-likeness (QED) is 0.785. The van der Waals surface area contributed by atoms with Crippen LogP contribution in [0.1, 0.15) is 54.4 Å². The Hall–Kier alpha value is -0.453. The molecule has 0 radical (unpaired) electrons. The second-order valence-electron chi connectivity index (χ2n) is 6.89. The minimum atomic E-state index is -1.99. The van der Waals surface area contributed by atoms with Crippen LogP contribution in [0.15, 0.2) is 12.2 Å². The molecule has 0 aromatic carbocycles. The van der Waals surface area contributed by atoms with Gasteiger partial charge in [-0.25, -0.2) is 0 Å². The van der Waals surface area contributed by atoms with Gasteiger partial charge in [0, 0.05) is 12.8 Å². The third kappa shape index (κ3) is 3.80. The van der Waals surface area contributed by atoms with Gasteiger partial charge in [0.15, 0.2) is 5.78 Å². The van der Waals surface area contributed by atoms with Gasteiger partial charge >= 0.3 is 0 Å². The molecule has 1 aliphatic carbocycles. The second kappa shape index (κ2) is 7.01. The van der Waals surface area contributed by atoms with Gasteiger partial charge in [-0.05, 0) is 22.7 Å². The number of ketones is 1. The van der Waals surface area contributed by atoms with Crippen molar-refractivity contribution in [1.82, 2.24) is 0 Å². The van der Waals surface area contributed by atoms with E-state index in [1.54, 1.807) is 6.08 Å². The molecule has 0 saturated carbocycles. The summed E-state index contributed by atoms with van der Waals surface area (Å²) < 4.78 is 6.60. The summed E-state index contributed by atoms with van der Waals surface area (Å²) in [5, 5.41) is 9.89. The third-order valence-corrected chi connectivity index (χ3v) is 10.7. The Morgan fingerprint density at radius 2 is 1.65 bits per heavy atom. The molecule has 1 rings (SSSR count). The topological polar surface area (TPSA) is 46.5 Å². The summed E-state index contributed by atoms with van der Waals surface area (Å²) in [5.74, 6) is 0.0609. The maximum Gasteiger partial charge on any atom is 0.200 e. The fourth-order valence-electron chi connectivity index (χ4n) is 3.73. The molecule has 1 aliphatic rings. The van der Waals surface area contributed by atoms with Crippen molar-refractivity contribution in [2.24, 2.45) is 0 Å². The number of hydrogen-bond acceptors (Lipinski definition) is 3. The van der Waals surface area contributed by atoms with Crippen LogP contribution in [-0.2, 0) is 9.22 Å². The number of rotatable bonds is 5. The van der Waals surface area contributed by atoms with Crippen molar-refractivity contribution in [2.75, 3.05) is 0 Å².